The van der Waals surface area contributed by atoms with E-state index in [9.17, 15) is 0 Å². The van der Waals surface area contributed by atoms with Crippen molar-refractivity contribution >= 4 is 10.9 Å². The number of aryl methyl sites for hydroxylation is 1. The summed E-state index contributed by atoms with van der Waals surface area (Å²) in [7, 11) is 0. The number of aromatic amines is 1. The van der Waals surface area contributed by atoms with Crippen LogP contribution in [-0.2, 0) is 13.0 Å². The molecule has 1 N–H and O–H groups in total. The Hall–Kier alpha value is -3.86. The largest absolute Gasteiger partial charge is 0.473 e. The zero-order valence-electron chi connectivity index (χ0n) is 20.2. The minimum Gasteiger partial charge on any atom is -0.473 e. The molecule has 0 spiro atoms. The number of benzene rings is 2. The van der Waals surface area contributed by atoms with Gasteiger partial charge < -0.3 is 14.3 Å². The zero-order chi connectivity index (χ0) is 23.8. The number of nitrogens with one attached hydrogen (secondary N) is 1. The van der Waals surface area contributed by atoms with Crippen LogP contribution < -0.4 is 4.74 Å². The van der Waals surface area contributed by atoms with Crippen LogP contribution in [0.25, 0.3) is 22.2 Å². The minimum absolute atomic E-state index is 0.288. The molecule has 5 heteroatoms. The summed E-state index contributed by atoms with van der Waals surface area (Å²) in [5.41, 5.74) is 8.45. The molecule has 0 radical (unpaired) electrons. The molecule has 5 aromatic rings. The van der Waals surface area contributed by atoms with Crippen LogP contribution in [0, 0.1) is 0 Å². The van der Waals surface area contributed by atoms with Crippen LogP contribution in [0.2, 0.25) is 0 Å². The molecule has 0 fully saturated rings. The van der Waals surface area contributed by atoms with Gasteiger partial charge in [0.15, 0.2) is 0 Å². The number of pyridine rings is 1. The molecule has 5 nitrogen and oxygen atoms in total. The number of ether oxygens (including phenoxy) is 1. The van der Waals surface area contributed by atoms with Crippen LogP contribution in [-0.4, -0.2) is 19.5 Å². The zero-order valence-corrected chi connectivity index (χ0v) is 20.2. The highest BCUT2D eigenvalue weighted by atomic mass is 16.5. The highest BCUT2D eigenvalue weighted by molar-refractivity contribution is 5.95. The standard InChI is InChI=1S/C30H30N4O/c1-20(2)29-30(34(19-33-29)27-14-8-12-22-11-6-7-13-23(22)27)25-16-31-26-17-32-28(15-24(25)26)35-18-21-9-4-3-5-10-21/h3-7,9-11,13,15-17,19-20,27,31H,8,12,14,18H2,1-2H3. The highest BCUT2D eigenvalue weighted by Crippen LogP contribution is 2.40. The molecule has 2 aromatic carbocycles. The lowest BCUT2D eigenvalue weighted by Crippen LogP contribution is -2.17. The van der Waals surface area contributed by atoms with Crippen LogP contribution in [0.15, 0.2) is 79.4 Å². The van der Waals surface area contributed by atoms with Gasteiger partial charge in [-0.1, -0.05) is 68.4 Å². The van der Waals surface area contributed by atoms with E-state index in [2.05, 4.69) is 77.0 Å². The first-order valence-corrected chi connectivity index (χ1v) is 12.5. The van der Waals surface area contributed by atoms with Crippen molar-refractivity contribution in [2.45, 2.75) is 51.7 Å². The Labute approximate surface area is 205 Å². The molecule has 1 unspecified atom stereocenters. The molecule has 1 aliphatic rings. The van der Waals surface area contributed by atoms with Gasteiger partial charge in [-0.05, 0) is 41.9 Å². The first-order valence-electron chi connectivity index (χ1n) is 12.5. The average molecular weight is 463 g/mol. The van der Waals surface area contributed by atoms with E-state index in [0.29, 0.717) is 18.4 Å². The van der Waals surface area contributed by atoms with Gasteiger partial charge in [-0.15, -0.1) is 0 Å². The number of fused-ring (bicyclic) bond motifs is 2. The summed E-state index contributed by atoms with van der Waals surface area (Å²) in [4.78, 5) is 12.9. The molecule has 0 amide bonds. The molecular formula is C30H30N4O. The molecule has 1 aliphatic carbocycles. The molecule has 3 heterocycles. The van der Waals surface area contributed by atoms with Crippen LogP contribution in [0.3, 0.4) is 0 Å². The minimum atomic E-state index is 0.288. The van der Waals surface area contributed by atoms with Crippen molar-refractivity contribution in [1.29, 1.82) is 0 Å². The van der Waals surface area contributed by atoms with Crippen molar-refractivity contribution in [2.75, 3.05) is 0 Å². The Morgan fingerprint density at radius 1 is 1.06 bits per heavy atom. The first-order chi connectivity index (χ1) is 17.2. The third-order valence-electron chi connectivity index (χ3n) is 7.07. The molecule has 0 aliphatic heterocycles. The van der Waals surface area contributed by atoms with E-state index in [-0.39, 0.29) is 6.04 Å². The fraction of sp³-hybridized carbons (Fsp3) is 0.267. The quantitative estimate of drug-likeness (QED) is 0.294. The third kappa shape index (κ3) is 4.01. The predicted molar refractivity (Wildman–Crippen MR) is 140 cm³/mol. The summed E-state index contributed by atoms with van der Waals surface area (Å²) in [6.07, 6.45) is 9.46. The molecule has 35 heavy (non-hydrogen) atoms. The lowest BCUT2D eigenvalue weighted by molar-refractivity contribution is 0.294. The van der Waals surface area contributed by atoms with Crippen molar-refractivity contribution in [1.82, 2.24) is 19.5 Å². The third-order valence-corrected chi connectivity index (χ3v) is 7.07. The lowest BCUT2D eigenvalue weighted by Gasteiger charge is -2.28. The highest BCUT2D eigenvalue weighted by Gasteiger charge is 2.27. The summed E-state index contributed by atoms with van der Waals surface area (Å²) in [6, 6.07) is 21.4. The van der Waals surface area contributed by atoms with Gasteiger partial charge in [0.1, 0.15) is 6.61 Å². The summed E-state index contributed by atoms with van der Waals surface area (Å²) in [6.45, 7) is 4.93. The Kier molecular flexibility index (Phi) is 5.61. The maximum atomic E-state index is 6.07. The SMILES string of the molecule is CC(C)c1ncn(C2CCCc3ccccc32)c1-c1c[nH]c2cnc(OCc3ccccc3)cc12. The van der Waals surface area contributed by atoms with Crippen LogP contribution in [0.4, 0.5) is 0 Å². The fourth-order valence-electron chi connectivity index (χ4n) is 5.34. The van der Waals surface area contributed by atoms with Crippen molar-refractivity contribution in [3.63, 3.8) is 0 Å². The number of nitrogens with zero attached hydrogens (tertiary/aromatic N) is 3. The second-order valence-electron chi connectivity index (χ2n) is 9.69. The summed E-state index contributed by atoms with van der Waals surface area (Å²) < 4.78 is 8.47. The number of H-pyrrole nitrogens is 1. The monoisotopic (exact) mass is 462 g/mol. The second-order valence-corrected chi connectivity index (χ2v) is 9.69. The Balaban J connectivity index is 1.43. The maximum Gasteiger partial charge on any atom is 0.214 e. The van der Waals surface area contributed by atoms with Crippen molar-refractivity contribution < 1.29 is 4.74 Å². The first kappa shape index (κ1) is 21.7. The van der Waals surface area contributed by atoms with Gasteiger partial charge in [-0.25, -0.2) is 9.97 Å². The van der Waals surface area contributed by atoms with E-state index >= 15 is 0 Å². The number of hydrogen-bond acceptors (Lipinski definition) is 3. The van der Waals surface area contributed by atoms with Crippen LogP contribution in [0.1, 0.15) is 61.0 Å². The molecule has 176 valence electrons. The molecule has 0 saturated carbocycles. The van der Waals surface area contributed by atoms with Gasteiger partial charge in [0.25, 0.3) is 0 Å². The predicted octanol–water partition coefficient (Wildman–Crippen LogP) is 7.05. The Morgan fingerprint density at radius 3 is 2.74 bits per heavy atom. The van der Waals surface area contributed by atoms with Crippen molar-refractivity contribution in [3.05, 3.63) is 102 Å². The van der Waals surface area contributed by atoms with Gasteiger partial charge in [0.05, 0.1) is 35.5 Å². The fourth-order valence-corrected chi connectivity index (χ4v) is 5.34. The lowest BCUT2D eigenvalue weighted by atomic mass is 9.87. The maximum absolute atomic E-state index is 6.07. The van der Waals surface area contributed by atoms with E-state index < -0.39 is 0 Å². The normalized spacial score (nSPS) is 15.5. The van der Waals surface area contributed by atoms with E-state index in [1.807, 2.05) is 30.7 Å². The topological polar surface area (TPSA) is 55.7 Å². The van der Waals surface area contributed by atoms with Crippen molar-refractivity contribution in [3.8, 4) is 17.1 Å². The van der Waals surface area contributed by atoms with Crippen LogP contribution in [0.5, 0.6) is 5.88 Å². The molecule has 1 atom stereocenters. The van der Waals surface area contributed by atoms with Gasteiger partial charge in [-0.3, -0.25) is 0 Å². The number of hydrogen-bond donors (Lipinski definition) is 1. The van der Waals surface area contributed by atoms with E-state index in [0.717, 1.165) is 40.6 Å². The van der Waals surface area contributed by atoms with Gasteiger partial charge in [0, 0.05) is 23.2 Å². The van der Waals surface area contributed by atoms with Crippen molar-refractivity contribution in [2.24, 2.45) is 0 Å². The Bertz CT molecular complexity index is 1460. The van der Waals surface area contributed by atoms with Gasteiger partial charge in [0.2, 0.25) is 5.88 Å². The number of aromatic nitrogens is 4. The average Bonchev–Trinajstić information content (AvgIpc) is 3.51. The number of imidazole rings is 1. The van der Waals surface area contributed by atoms with E-state index in [4.69, 9.17) is 9.72 Å². The van der Waals surface area contributed by atoms with E-state index in [1.54, 1.807) is 0 Å². The molecule has 6 rings (SSSR count). The molecular weight excluding hydrogens is 432 g/mol. The van der Waals surface area contributed by atoms with E-state index in [1.165, 1.54) is 23.2 Å². The molecule has 0 bridgehead atoms. The van der Waals surface area contributed by atoms with Gasteiger partial charge in [-0.2, -0.15) is 0 Å². The molecule has 3 aromatic heterocycles. The van der Waals surface area contributed by atoms with Gasteiger partial charge >= 0.3 is 0 Å². The molecule has 0 saturated heterocycles. The summed E-state index contributed by atoms with van der Waals surface area (Å²) >= 11 is 0. The smallest absolute Gasteiger partial charge is 0.214 e. The number of rotatable bonds is 6. The Morgan fingerprint density at radius 2 is 1.89 bits per heavy atom. The van der Waals surface area contributed by atoms with Crippen LogP contribution >= 0.6 is 0 Å². The second kappa shape index (κ2) is 9.06. The summed E-state index contributed by atoms with van der Waals surface area (Å²) in [5.74, 6) is 0.938. The summed E-state index contributed by atoms with van der Waals surface area (Å²) in [5, 5.41) is 1.11.